The molecule has 9 heteroatoms. The monoisotopic (exact) mass is 298 g/mol. The molecule has 0 unspecified atom stereocenters. The highest BCUT2D eigenvalue weighted by Gasteiger charge is 2.27. The number of nitrogens with two attached hydrogens (primary N) is 1. The molecule has 1 aromatic rings. The topological polar surface area (TPSA) is 55.9 Å². The van der Waals surface area contributed by atoms with Gasteiger partial charge in [-0.1, -0.05) is 12.2 Å². The van der Waals surface area contributed by atoms with Gasteiger partial charge in [0.15, 0.2) is 0 Å². The predicted molar refractivity (Wildman–Crippen MR) is 70.8 cm³/mol. The van der Waals surface area contributed by atoms with E-state index in [0.717, 1.165) is 0 Å². The Morgan fingerprint density at radius 1 is 1.56 bits per heavy atom. The summed E-state index contributed by atoms with van der Waals surface area (Å²) in [5.74, 6) is 0.451. The number of nitrogens with zero attached hydrogens (tertiary/aromatic N) is 2. The summed E-state index contributed by atoms with van der Waals surface area (Å²) in [6.07, 6.45) is 0. The first-order chi connectivity index (χ1) is 8.22. The van der Waals surface area contributed by atoms with Crippen LogP contribution in [0.4, 0.5) is 19.0 Å². The summed E-state index contributed by atoms with van der Waals surface area (Å²) < 4.78 is 37.4. The number of alkyl halides is 3. The van der Waals surface area contributed by atoms with Crippen LogP contribution < -0.4 is 11.1 Å². The molecule has 0 aliphatic heterocycles. The summed E-state index contributed by atoms with van der Waals surface area (Å²) in [6, 6.07) is 0. The quantitative estimate of drug-likeness (QED) is 0.643. The summed E-state index contributed by atoms with van der Waals surface area (Å²) in [7, 11) is 1.67. The van der Waals surface area contributed by atoms with Crippen LogP contribution >= 0.6 is 24.0 Å². The van der Waals surface area contributed by atoms with E-state index in [4.69, 9.17) is 18.0 Å². The second kappa shape index (κ2) is 5.79. The Morgan fingerprint density at radius 2 is 2.17 bits per heavy atom. The van der Waals surface area contributed by atoms with E-state index in [1.54, 1.807) is 14.0 Å². The summed E-state index contributed by atoms with van der Waals surface area (Å²) >= 11 is 4.81. The zero-order valence-corrected chi connectivity index (χ0v) is 11.5. The van der Waals surface area contributed by atoms with Gasteiger partial charge < -0.3 is 11.1 Å². The van der Waals surface area contributed by atoms with Crippen molar-refractivity contribution in [3.63, 3.8) is 0 Å². The van der Waals surface area contributed by atoms with Crippen molar-refractivity contribution >= 4 is 34.8 Å². The van der Waals surface area contributed by atoms with Crippen molar-refractivity contribution in [2.24, 2.45) is 12.8 Å². The molecular formula is C9H13F3N4S2. The molecule has 0 aliphatic rings. The first-order valence-corrected chi connectivity index (χ1v) is 6.39. The predicted octanol–water partition coefficient (Wildman–Crippen LogP) is 2.03. The lowest BCUT2D eigenvalue weighted by molar-refractivity contribution is -0.0327. The zero-order chi connectivity index (χ0) is 13.9. The molecule has 3 N–H and O–H groups in total. The minimum atomic E-state index is -4.21. The van der Waals surface area contributed by atoms with Gasteiger partial charge in [0.05, 0.1) is 11.3 Å². The maximum atomic E-state index is 11.9. The largest absolute Gasteiger partial charge is 0.441 e. The van der Waals surface area contributed by atoms with Crippen LogP contribution in [0.5, 0.6) is 0 Å². The van der Waals surface area contributed by atoms with E-state index < -0.39 is 5.51 Å². The number of thiocarbonyl (C=S) groups is 1. The molecule has 4 nitrogen and oxygen atoms in total. The Kier molecular flexibility index (Phi) is 4.85. The second-order valence-electron chi connectivity index (χ2n) is 3.52. The van der Waals surface area contributed by atoms with Crippen LogP contribution in [0, 0.1) is 6.92 Å². The number of thioether (sulfide) groups is 1. The SMILES string of the molecule is Cc1nn(C)c(NCCSC(F)(F)F)c1C(N)=S. The van der Waals surface area contributed by atoms with Gasteiger partial charge in [-0.2, -0.15) is 18.3 Å². The number of hydrogen-bond donors (Lipinski definition) is 2. The van der Waals surface area contributed by atoms with E-state index >= 15 is 0 Å². The Morgan fingerprint density at radius 3 is 2.67 bits per heavy atom. The fourth-order valence-corrected chi connectivity index (χ4v) is 2.17. The standard InChI is InChI=1S/C9H13F3N4S2/c1-5-6(7(13)17)8(16(2)15-5)14-3-4-18-9(10,11)12/h14H,3-4H2,1-2H3,(H2,13,17). The van der Waals surface area contributed by atoms with Crippen molar-refractivity contribution in [1.29, 1.82) is 0 Å². The van der Waals surface area contributed by atoms with Crippen LogP contribution in [0.3, 0.4) is 0 Å². The van der Waals surface area contributed by atoms with E-state index in [1.807, 2.05) is 0 Å². The molecule has 0 saturated carbocycles. The molecule has 0 radical (unpaired) electrons. The highest BCUT2D eigenvalue weighted by atomic mass is 32.2. The van der Waals surface area contributed by atoms with Gasteiger partial charge in [0.1, 0.15) is 10.8 Å². The molecule has 0 aromatic carbocycles. The van der Waals surface area contributed by atoms with Crippen LogP contribution in [-0.2, 0) is 7.05 Å². The normalized spacial score (nSPS) is 11.6. The Balaban J connectivity index is 2.65. The number of rotatable bonds is 5. The molecule has 18 heavy (non-hydrogen) atoms. The van der Waals surface area contributed by atoms with E-state index in [1.165, 1.54) is 4.68 Å². The summed E-state index contributed by atoms with van der Waals surface area (Å²) in [5, 5.41) is 6.99. The number of hydrogen-bond acceptors (Lipinski definition) is 4. The van der Waals surface area contributed by atoms with E-state index in [0.29, 0.717) is 17.1 Å². The second-order valence-corrected chi connectivity index (χ2v) is 5.12. The van der Waals surface area contributed by atoms with Crippen molar-refractivity contribution in [2.45, 2.75) is 12.4 Å². The lowest BCUT2D eigenvalue weighted by Crippen LogP contribution is -2.16. The van der Waals surface area contributed by atoms with Crippen LogP contribution in [-0.4, -0.2) is 32.6 Å². The Hall–Kier alpha value is -0.960. The lowest BCUT2D eigenvalue weighted by atomic mass is 10.2. The fraction of sp³-hybridized carbons (Fsp3) is 0.556. The maximum absolute atomic E-state index is 11.9. The first-order valence-electron chi connectivity index (χ1n) is 5.00. The molecular weight excluding hydrogens is 285 g/mol. The third kappa shape index (κ3) is 4.05. The van der Waals surface area contributed by atoms with Crippen LogP contribution in [0.1, 0.15) is 11.3 Å². The van der Waals surface area contributed by atoms with Crippen molar-refractivity contribution in [3.8, 4) is 0 Å². The first kappa shape index (κ1) is 15.1. The highest BCUT2D eigenvalue weighted by Crippen LogP contribution is 2.29. The summed E-state index contributed by atoms with van der Waals surface area (Å²) in [5.41, 5.74) is 2.57. The summed E-state index contributed by atoms with van der Waals surface area (Å²) in [4.78, 5) is 0.173. The lowest BCUT2D eigenvalue weighted by Gasteiger charge is -2.10. The molecule has 0 fully saturated rings. The van der Waals surface area contributed by atoms with Gasteiger partial charge in [0, 0.05) is 19.3 Å². The Labute approximate surface area is 112 Å². The Bertz CT molecular complexity index is 442. The van der Waals surface area contributed by atoms with Gasteiger partial charge in [0.25, 0.3) is 0 Å². The molecule has 0 saturated heterocycles. The van der Waals surface area contributed by atoms with Crippen LogP contribution in [0.25, 0.3) is 0 Å². The summed E-state index contributed by atoms with van der Waals surface area (Å²) in [6.45, 7) is 1.89. The number of aryl methyl sites for hydroxylation is 2. The highest BCUT2D eigenvalue weighted by molar-refractivity contribution is 8.00. The van der Waals surface area contributed by atoms with Gasteiger partial charge in [-0.05, 0) is 18.7 Å². The average molecular weight is 298 g/mol. The van der Waals surface area contributed by atoms with Crippen molar-refractivity contribution in [2.75, 3.05) is 17.6 Å². The molecule has 0 bridgehead atoms. The molecule has 0 amide bonds. The number of halogens is 3. The van der Waals surface area contributed by atoms with Crippen molar-refractivity contribution in [3.05, 3.63) is 11.3 Å². The number of anilines is 1. The smallest absolute Gasteiger partial charge is 0.389 e. The van der Waals surface area contributed by atoms with Gasteiger partial charge in [-0.15, -0.1) is 0 Å². The van der Waals surface area contributed by atoms with E-state index in [9.17, 15) is 13.2 Å². The molecule has 102 valence electrons. The average Bonchev–Trinajstić information content (AvgIpc) is 2.46. The van der Waals surface area contributed by atoms with Gasteiger partial charge in [-0.25, -0.2) is 0 Å². The molecule has 0 atom stereocenters. The van der Waals surface area contributed by atoms with E-state index in [2.05, 4.69) is 10.4 Å². The minimum Gasteiger partial charge on any atom is -0.389 e. The van der Waals surface area contributed by atoms with Gasteiger partial charge in [-0.3, -0.25) is 4.68 Å². The molecule has 1 aromatic heterocycles. The van der Waals surface area contributed by atoms with Crippen LogP contribution in [0.15, 0.2) is 0 Å². The van der Waals surface area contributed by atoms with Crippen molar-refractivity contribution in [1.82, 2.24) is 9.78 Å². The maximum Gasteiger partial charge on any atom is 0.441 e. The van der Waals surface area contributed by atoms with Gasteiger partial charge >= 0.3 is 5.51 Å². The van der Waals surface area contributed by atoms with Gasteiger partial charge in [0.2, 0.25) is 0 Å². The number of aromatic nitrogens is 2. The molecule has 1 heterocycles. The zero-order valence-electron chi connectivity index (χ0n) is 9.84. The fourth-order valence-electron chi connectivity index (χ4n) is 1.49. The molecule has 0 aliphatic carbocycles. The molecule has 1 rings (SSSR count). The molecule has 0 spiro atoms. The third-order valence-electron chi connectivity index (χ3n) is 2.13. The van der Waals surface area contributed by atoms with E-state index in [-0.39, 0.29) is 29.0 Å². The van der Waals surface area contributed by atoms with Crippen molar-refractivity contribution < 1.29 is 13.2 Å². The van der Waals surface area contributed by atoms with Crippen LogP contribution in [0.2, 0.25) is 0 Å². The third-order valence-corrected chi connectivity index (χ3v) is 3.07. The minimum absolute atomic E-state index is 0.0765. The number of nitrogens with one attached hydrogen (secondary N) is 1.